The van der Waals surface area contributed by atoms with Gasteiger partial charge in [-0.1, -0.05) is 30.3 Å². The lowest BCUT2D eigenvalue weighted by atomic mass is 10.0. The van der Waals surface area contributed by atoms with E-state index in [1.165, 1.54) is 10.6 Å². The summed E-state index contributed by atoms with van der Waals surface area (Å²) in [5, 5.41) is 0. The first-order valence-corrected chi connectivity index (χ1v) is 6.12. The number of aldehydes is 1. The van der Waals surface area contributed by atoms with Crippen molar-refractivity contribution in [2.24, 2.45) is 0 Å². The molecule has 0 radical (unpaired) electrons. The molecule has 0 fully saturated rings. The topological polar surface area (TPSA) is 54.9 Å². The van der Waals surface area contributed by atoms with Crippen molar-refractivity contribution in [3.05, 3.63) is 58.8 Å². The van der Waals surface area contributed by atoms with Crippen LogP contribution in [-0.4, -0.2) is 15.8 Å². The molecule has 0 amide bonds. The predicted octanol–water partition coefficient (Wildman–Crippen LogP) is 2.33. The molecule has 3 rings (SSSR count). The monoisotopic (exact) mass is 270 g/mol. The maximum absolute atomic E-state index is 13.9. The molecule has 20 heavy (non-hydrogen) atoms. The highest BCUT2D eigenvalue weighted by atomic mass is 19.1. The van der Waals surface area contributed by atoms with Crippen molar-refractivity contribution in [2.75, 3.05) is 0 Å². The van der Waals surface area contributed by atoms with Gasteiger partial charge in [-0.15, -0.1) is 0 Å². The minimum atomic E-state index is -0.379. The second-order valence-electron chi connectivity index (χ2n) is 4.39. The maximum Gasteiger partial charge on any atom is 0.326 e. The van der Waals surface area contributed by atoms with Gasteiger partial charge in [0.15, 0.2) is 0 Å². The highest BCUT2D eigenvalue weighted by molar-refractivity contribution is 5.92. The number of nitrogens with zero attached hydrogens (tertiary/aromatic N) is 1. The van der Waals surface area contributed by atoms with Crippen LogP contribution in [0.25, 0.3) is 22.2 Å². The van der Waals surface area contributed by atoms with Crippen molar-refractivity contribution >= 4 is 17.3 Å². The quantitative estimate of drug-likeness (QED) is 0.743. The Morgan fingerprint density at radius 2 is 1.85 bits per heavy atom. The Labute approximate surface area is 113 Å². The number of H-pyrrole nitrogens is 1. The van der Waals surface area contributed by atoms with Crippen LogP contribution in [0.4, 0.5) is 4.39 Å². The predicted molar refractivity (Wildman–Crippen MR) is 74.0 cm³/mol. The Hall–Kier alpha value is -2.69. The van der Waals surface area contributed by atoms with Gasteiger partial charge in [0.05, 0.1) is 17.6 Å². The second kappa shape index (κ2) is 4.77. The Kier molecular flexibility index (Phi) is 2.95. The molecule has 1 N–H and O–H groups in total. The molecule has 2 aromatic carbocycles. The molecular formula is C15H11FN2O2. The minimum absolute atomic E-state index is 0.0282. The Balaban J connectivity index is 2.34. The molecule has 1 heterocycles. The fourth-order valence-electron chi connectivity index (χ4n) is 2.34. The molecule has 5 heteroatoms. The fourth-order valence-corrected chi connectivity index (χ4v) is 2.34. The molecule has 3 aromatic rings. The van der Waals surface area contributed by atoms with Gasteiger partial charge >= 0.3 is 5.69 Å². The number of imidazole rings is 1. The van der Waals surface area contributed by atoms with Gasteiger partial charge in [-0.2, -0.15) is 0 Å². The maximum atomic E-state index is 13.9. The van der Waals surface area contributed by atoms with Crippen LogP contribution in [0.15, 0.2) is 47.3 Å². The van der Waals surface area contributed by atoms with Gasteiger partial charge in [-0.25, -0.2) is 9.18 Å². The Morgan fingerprint density at radius 3 is 2.60 bits per heavy atom. The number of aromatic amines is 1. The fraction of sp³-hybridized carbons (Fsp3) is 0.0667. The van der Waals surface area contributed by atoms with Crippen LogP contribution >= 0.6 is 0 Å². The van der Waals surface area contributed by atoms with Gasteiger partial charge in [0.2, 0.25) is 0 Å². The van der Waals surface area contributed by atoms with E-state index >= 15 is 0 Å². The summed E-state index contributed by atoms with van der Waals surface area (Å²) in [6.07, 6.45) is 0.657. The van der Waals surface area contributed by atoms with E-state index in [0.717, 1.165) is 0 Å². The highest BCUT2D eigenvalue weighted by Gasteiger charge is 2.13. The number of aromatic nitrogens is 2. The molecule has 0 saturated carbocycles. The summed E-state index contributed by atoms with van der Waals surface area (Å²) in [6, 6.07) is 11.6. The van der Waals surface area contributed by atoms with E-state index in [2.05, 4.69) is 4.98 Å². The summed E-state index contributed by atoms with van der Waals surface area (Å²) in [7, 11) is 0. The summed E-state index contributed by atoms with van der Waals surface area (Å²) in [5.74, 6) is -0.357. The van der Waals surface area contributed by atoms with Gasteiger partial charge in [0, 0.05) is 11.1 Å². The molecule has 0 aliphatic carbocycles. The van der Waals surface area contributed by atoms with Crippen molar-refractivity contribution in [3.8, 4) is 11.1 Å². The molecule has 100 valence electrons. The van der Waals surface area contributed by atoms with Crippen LogP contribution in [0.3, 0.4) is 0 Å². The third-order valence-electron chi connectivity index (χ3n) is 3.23. The number of fused-ring (bicyclic) bond motifs is 1. The van der Waals surface area contributed by atoms with Crippen LogP contribution in [-0.2, 0) is 11.3 Å². The number of hydrogen-bond donors (Lipinski definition) is 1. The van der Waals surface area contributed by atoms with Crippen LogP contribution in [0.1, 0.15) is 0 Å². The van der Waals surface area contributed by atoms with E-state index in [-0.39, 0.29) is 18.1 Å². The normalized spacial score (nSPS) is 10.8. The molecule has 0 aliphatic heterocycles. The van der Waals surface area contributed by atoms with Crippen LogP contribution in [0.2, 0.25) is 0 Å². The van der Waals surface area contributed by atoms with Crippen molar-refractivity contribution < 1.29 is 9.18 Å². The Bertz CT molecular complexity index is 848. The smallest absolute Gasteiger partial charge is 0.305 e. The minimum Gasteiger partial charge on any atom is -0.305 e. The lowest BCUT2D eigenvalue weighted by Crippen LogP contribution is -2.17. The number of benzene rings is 2. The largest absolute Gasteiger partial charge is 0.326 e. The number of halogens is 1. The number of carbonyl (C=O) groups is 1. The average Bonchev–Trinajstić information content (AvgIpc) is 2.77. The van der Waals surface area contributed by atoms with Gasteiger partial charge in [0.25, 0.3) is 0 Å². The average molecular weight is 270 g/mol. The number of nitrogens with one attached hydrogen (secondary N) is 1. The second-order valence-corrected chi connectivity index (χ2v) is 4.39. The zero-order chi connectivity index (χ0) is 14.1. The molecule has 4 nitrogen and oxygen atoms in total. The van der Waals surface area contributed by atoms with Gasteiger partial charge < -0.3 is 9.78 Å². The molecular weight excluding hydrogens is 259 g/mol. The van der Waals surface area contributed by atoms with E-state index in [4.69, 9.17) is 0 Å². The Morgan fingerprint density at radius 1 is 1.10 bits per heavy atom. The van der Waals surface area contributed by atoms with E-state index in [0.29, 0.717) is 28.4 Å². The molecule has 0 saturated heterocycles. The van der Waals surface area contributed by atoms with Crippen molar-refractivity contribution in [2.45, 2.75) is 6.54 Å². The van der Waals surface area contributed by atoms with E-state index in [9.17, 15) is 14.0 Å². The molecule has 0 aliphatic rings. The SMILES string of the molecule is O=CCn1c(=O)[nH]c2c(-c3ccccc3F)cccc21. The van der Waals surface area contributed by atoms with Crippen LogP contribution in [0.5, 0.6) is 0 Å². The van der Waals surface area contributed by atoms with Crippen molar-refractivity contribution in [1.82, 2.24) is 9.55 Å². The van der Waals surface area contributed by atoms with Crippen molar-refractivity contribution in [1.29, 1.82) is 0 Å². The van der Waals surface area contributed by atoms with Gasteiger partial charge in [-0.05, 0) is 12.1 Å². The van der Waals surface area contributed by atoms with Gasteiger partial charge in [-0.3, -0.25) is 4.57 Å². The lowest BCUT2D eigenvalue weighted by molar-refractivity contribution is -0.108. The molecule has 0 spiro atoms. The highest BCUT2D eigenvalue weighted by Crippen LogP contribution is 2.28. The lowest BCUT2D eigenvalue weighted by Gasteiger charge is -2.05. The summed E-state index contributed by atoms with van der Waals surface area (Å²) in [6.45, 7) is -0.0282. The van der Waals surface area contributed by atoms with Crippen LogP contribution < -0.4 is 5.69 Å². The van der Waals surface area contributed by atoms with Gasteiger partial charge in [0.1, 0.15) is 12.1 Å². The standard InChI is InChI=1S/C15H11FN2O2/c16-12-6-2-1-4-10(12)11-5-3-7-13-14(11)17-15(20)18(13)8-9-19/h1-7,9H,8H2,(H,17,20). The first-order chi connectivity index (χ1) is 9.72. The number of hydrogen-bond acceptors (Lipinski definition) is 2. The summed E-state index contributed by atoms with van der Waals surface area (Å²) in [5.41, 5.74) is 1.75. The summed E-state index contributed by atoms with van der Waals surface area (Å²) >= 11 is 0. The van der Waals surface area contributed by atoms with E-state index < -0.39 is 0 Å². The zero-order valence-corrected chi connectivity index (χ0v) is 10.5. The molecule has 0 bridgehead atoms. The van der Waals surface area contributed by atoms with Crippen LogP contribution in [0, 0.1) is 5.82 Å². The molecule has 0 unspecified atom stereocenters. The third-order valence-corrected chi connectivity index (χ3v) is 3.23. The summed E-state index contributed by atoms with van der Waals surface area (Å²) < 4.78 is 15.2. The zero-order valence-electron chi connectivity index (χ0n) is 10.5. The third kappa shape index (κ3) is 1.84. The number of carbonyl (C=O) groups excluding carboxylic acids is 1. The summed E-state index contributed by atoms with van der Waals surface area (Å²) in [4.78, 5) is 25.2. The number of rotatable bonds is 3. The molecule has 1 aromatic heterocycles. The molecule has 0 atom stereocenters. The van der Waals surface area contributed by atoms with Crippen molar-refractivity contribution in [3.63, 3.8) is 0 Å². The number of para-hydroxylation sites is 1. The first-order valence-electron chi connectivity index (χ1n) is 6.12. The van der Waals surface area contributed by atoms with E-state index in [1.807, 2.05) is 0 Å². The first kappa shape index (κ1) is 12.3. The van der Waals surface area contributed by atoms with E-state index in [1.54, 1.807) is 36.4 Å².